The molecule has 0 aromatic carbocycles. The van der Waals surface area contributed by atoms with E-state index in [0.29, 0.717) is 13.2 Å². The first-order valence-electron chi connectivity index (χ1n) is 7.14. The fourth-order valence-electron chi connectivity index (χ4n) is 1.87. The van der Waals surface area contributed by atoms with Crippen LogP contribution in [0.15, 0.2) is 0 Å². The van der Waals surface area contributed by atoms with Crippen molar-refractivity contribution in [3.8, 4) is 0 Å². The van der Waals surface area contributed by atoms with Crippen LogP contribution in [-0.2, 0) is 14.3 Å². The highest BCUT2D eigenvalue weighted by Crippen LogP contribution is 2.12. The highest BCUT2D eigenvalue weighted by Gasteiger charge is 2.19. The van der Waals surface area contributed by atoms with Gasteiger partial charge in [0.05, 0.1) is 12.7 Å². The van der Waals surface area contributed by atoms with E-state index < -0.39 is 6.10 Å². The Hall–Kier alpha value is -0.650. The highest BCUT2D eigenvalue weighted by atomic mass is 16.5. The number of carbonyl (C=O) groups excluding carboxylic acids is 1. The Kier molecular flexibility index (Phi) is 6.75. The maximum Gasteiger partial charge on any atom is 0.248 e. The van der Waals surface area contributed by atoms with Gasteiger partial charge in [-0.1, -0.05) is 0 Å². The minimum atomic E-state index is -0.418. The quantitative estimate of drug-likeness (QED) is 0.681. The molecule has 0 saturated carbocycles. The summed E-state index contributed by atoms with van der Waals surface area (Å²) in [5.41, 5.74) is 0.0760. The molecule has 1 amide bonds. The Labute approximate surface area is 116 Å². The third-order valence-corrected chi connectivity index (χ3v) is 3.00. The van der Waals surface area contributed by atoms with Crippen molar-refractivity contribution in [2.24, 2.45) is 0 Å². The molecule has 2 N–H and O–H groups in total. The molecule has 1 rings (SSSR count). The van der Waals surface area contributed by atoms with E-state index in [4.69, 9.17) is 9.47 Å². The van der Waals surface area contributed by atoms with Gasteiger partial charge in [-0.2, -0.15) is 0 Å². The van der Waals surface area contributed by atoms with Crippen molar-refractivity contribution in [1.82, 2.24) is 10.6 Å². The number of hydrogen-bond acceptors (Lipinski definition) is 4. The standard InChI is InChI=1S/C14H28N2O3/c1-11(19-10-12-6-5-9-18-12)13(17)15-7-8-16-14(2,3)4/h11-12,16H,5-10H2,1-4H3,(H,15,17). The van der Waals surface area contributed by atoms with Crippen molar-refractivity contribution in [2.45, 2.75) is 58.3 Å². The van der Waals surface area contributed by atoms with Gasteiger partial charge in [-0.15, -0.1) is 0 Å². The summed E-state index contributed by atoms with van der Waals surface area (Å²) in [6, 6.07) is 0. The molecule has 0 bridgehead atoms. The Morgan fingerprint density at radius 3 is 2.74 bits per heavy atom. The van der Waals surface area contributed by atoms with Gasteiger partial charge < -0.3 is 20.1 Å². The maximum atomic E-state index is 11.8. The molecule has 112 valence electrons. The van der Waals surface area contributed by atoms with Crippen LogP contribution in [0.3, 0.4) is 0 Å². The van der Waals surface area contributed by atoms with E-state index in [2.05, 4.69) is 31.4 Å². The summed E-state index contributed by atoms with van der Waals surface area (Å²) in [6.07, 6.45) is 1.87. The molecule has 0 aliphatic carbocycles. The van der Waals surface area contributed by atoms with Gasteiger partial charge in [-0.3, -0.25) is 4.79 Å². The van der Waals surface area contributed by atoms with Gasteiger partial charge in [0, 0.05) is 25.2 Å². The van der Waals surface area contributed by atoms with E-state index in [1.807, 2.05) is 0 Å². The van der Waals surface area contributed by atoms with Crippen molar-refractivity contribution in [2.75, 3.05) is 26.3 Å². The largest absolute Gasteiger partial charge is 0.376 e. The third-order valence-electron chi connectivity index (χ3n) is 3.00. The predicted octanol–water partition coefficient (Wildman–Crippen LogP) is 1.07. The summed E-state index contributed by atoms with van der Waals surface area (Å²) < 4.78 is 11.0. The second kappa shape index (κ2) is 7.82. The van der Waals surface area contributed by atoms with Crippen molar-refractivity contribution in [1.29, 1.82) is 0 Å². The zero-order chi connectivity index (χ0) is 14.3. The van der Waals surface area contributed by atoms with Crippen LogP contribution in [0.2, 0.25) is 0 Å². The topological polar surface area (TPSA) is 59.6 Å². The number of carbonyl (C=O) groups is 1. The second-order valence-corrected chi connectivity index (χ2v) is 6.08. The smallest absolute Gasteiger partial charge is 0.248 e. The van der Waals surface area contributed by atoms with Crippen LogP contribution >= 0.6 is 0 Å². The molecular weight excluding hydrogens is 244 g/mol. The van der Waals surface area contributed by atoms with Crippen LogP contribution in [0.4, 0.5) is 0 Å². The number of rotatable bonds is 7. The summed E-state index contributed by atoms with van der Waals surface area (Å²) >= 11 is 0. The Balaban J connectivity index is 2.07. The van der Waals surface area contributed by atoms with Crippen LogP contribution in [-0.4, -0.2) is 50.0 Å². The normalized spacial score (nSPS) is 21.4. The van der Waals surface area contributed by atoms with Crippen LogP contribution in [0.1, 0.15) is 40.5 Å². The van der Waals surface area contributed by atoms with Gasteiger partial charge in [0.1, 0.15) is 6.10 Å². The minimum absolute atomic E-state index is 0.0614. The fraction of sp³-hybridized carbons (Fsp3) is 0.929. The Morgan fingerprint density at radius 2 is 2.16 bits per heavy atom. The molecular formula is C14H28N2O3. The van der Waals surface area contributed by atoms with Crippen LogP contribution in [0.5, 0.6) is 0 Å². The second-order valence-electron chi connectivity index (χ2n) is 6.08. The lowest BCUT2D eigenvalue weighted by molar-refractivity contribution is -0.133. The van der Waals surface area contributed by atoms with Crippen LogP contribution in [0.25, 0.3) is 0 Å². The summed E-state index contributed by atoms with van der Waals surface area (Å²) in [5, 5.41) is 6.18. The van der Waals surface area contributed by atoms with Crippen molar-refractivity contribution in [3.05, 3.63) is 0 Å². The van der Waals surface area contributed by atoms with E-state index in [1.165, 1.54) is 0 Å². The minimum Gasteiger partial charge on any atom is -0.376 e. The van der Waals surface area contributed by atoms with Gasteiger partial charge in [0.2, 0.25) is 5.91 Å². The number of nitrogens with one attached hydrogen (secondary N) is 2. The van der Waals surface area contributed by atoms with Crippen LogP contribution < -0.4 is 10.6 Å². The van der Waals surface area contributed by atoms with Gasteiger partial charge >= 0.3 is 0 Å². The van der Waals surface area contributed by atoms with Gasteiger partial charge in [-0.25, -0.2) is 0 Å². The molecule has 5 heteroatoms. The van der Waals surface area contributed by atoms with Gasteiger partial charge in [0.15, 0.2) is 0 Å². The molecule has 1 fully saturated rings. The van der Waals surface area contributed by atoms with Gasteiger partial charge in [0.25, 0.3) is 0 Å². The van der Waals surface area contributed by atoms with Crippen LogP contribution in [0, 0.1) is 0 Å². The average Bonchev–Trinajstić information content (AvgIpc) is 2.83. The van der Waals surface area contributed by atoms with E-state index >= 15 is 0 Å². The number of ether oxygens (including phenoxy) is 2. The van der Waals surface area contributed by atoms with Gasteiger partial charge in [-0.05, 0) is 40.5 Å². The number of hydrogen-bond donors (Lipinski definition) is 2. The molecule has 0 aromatic heterocycles. The molecule has 1 aliphatic heterocycles. The first-order chi connectivity index (χ1) is 8.88. The molecule has 1 heterocycles. The highest BCUT2D eigenvalue weighted by molar-refractivity contribution is 5.80. The van der Waals surface area contributed by atoms with Crippen molar-refractivity contribution in [3.63, 3.8) is 0 Å². The average molecular weight is 272 g/mol. The molecule has 0 radical (unpaired) electrons. The first-order valence-corrected chi connectivity index (χ1v) is 7.14. The summed E-state index contributed by atoms with van der Waals surface area (Å²) in [6.45, 7) is 10.8. The van der Waals surface area contributed by atoms with Crippen molar-refractivity contribution >= 4 is 5.91 Å². The van der Waals surface area contributed by atoms with Crippen molar-refractivity contribution < 1.29 is 14.3 Å². The van der Waals surface area contributed by atoms with E-state index in [0.717, 1.165) is 26.0 Å². The Bertz CT molecular complexity index is 270. The lowest BCUT2D eigenvalue weighted by Gasteiger charge is -2.21. The molecule has 2 unspecified atom stereocenters. The maximum absolute atomic E-state index is 11.8. The molecule has 1 saturated heterocycles. The SMILES string of the molecule is CC(OCC1CCCO1)C(=O)NCCNC(C)(C)C. The zero-order valence-corrected chi connectivity index (χ0v) is 12.6. The lowest BCUT2D eigenvalue weighted by atomic mass is 10.1. The third kappa shape index (κ3) is 7.50. The summed E-state index contributed by atoms with van der Waals surface area (Å²) in [5.74, 6) is -0.0614. The predicted molar refractivity (Wildman–Crippen MR) is 75.2 cm³/mol. The molecule has 0 spiro atoms. The molecule has 5 nitrogen and oxygen atoms in total. The Morgan fingerprint density at radius 1 is 1.42 bits per heavy atom. The molecule has 1 aliphatic rings. The zero-order valence-electron chi connectivity index (χ0n) is 12.6. The fourth-order valence-corrected chi connectivity index (χ4v) is 1.87. The summed E-state index contributed by atoms with van der Waals surface area (Å²) in [7, 11) is 0. The van der Waals surface area contributed by atoms with E-state index in [9.17, 15) is 4.79 Å². The molecule has 19 heavy (non-hydrogen) atoms. The number of amides is 1. The molecule has 2 atom stereocenters. The summed E-state index contributed by atoms with van der Waals surface area (Å²) in [4.78, 5) is 11.8. The monoisotopic (exact) mass is 272 g/mol. The lowest BCUT2D eigenvalue weighted by Crippen LogP contribution is -2.43. The van der Waals surface area contributed by atoms with E-state index in [-0.39, 0.29) is 17.6 Å². The molecule has 0 aromatic rings. The van der Waals surface area contributed by atoms with E-state index in [1.54, 1.807) is 6.92 Å². The first kappa shape index (κ1) is 16.4.